The van der Waals surface area contributed by atoms with Crippen molar-refractivity contribution in [1.29, 1.82) is 0 Å². The Morgan fingerprint density at radius 3 is 1.23 bits per heavy atom. The molecule has 0 atom stereocenters. The summed E-state index contributed by atoms with van der Waals surface area (Å²) in [5, 5.41) is 0. The Hall–Kier alpha value is -3.22. The molecule has 212 valence electrons. The SMILES string of the molecule is CCOP(=O)(OCC)Oc1ccccc1-c1ccccc1.COP(=O)(OC)Oc1ccccc1-c1ccccc1. The van der Waals surface area contributed by atoms with Gasteiger partial charge in [-0.05, 0) is 37.1 Å². The van der Waals surface area contributed by atoms with Crippen molar-refractivity contribution < 1.29 is 36.3 Å². The first-order valence-electron chi connectivity index (χ1n) is 12.7. The highest BCUT2D eigenvalue weighted by atomic mass is 31.2. The molecule has 0 saturated heterocycles. The summed E-state index contributed by atoms with van der Waals surface area (Å²) in [4.78, 5) is 0. The van der Waals surface area contributed by atoms with Crippen LogP contribution in [0.3, 0.4) is 0 Å². The monoisotopic (exact) mass is 584 g/mol. The van der Waals surface area contributed by atoms with Gasteiger partial charge in [0.2, 0.25) is 0 Å². The van der Waals surface area contributed by atoms with E-state index in [1.165, 1.54) is 14.2 Å². The van der Waals surface area contributed by atoms with Gasteiger partial charge in [-0.1, -0.05) is 97.1 Å². The fraction of sp³-hybridized carbons (Fsp3) is 0.200. The van der Waals surface area contributed by atoms with Crippen LogP contribution >= 0.6 is 15.6 Å². The highest BCUT2D eigenvalue weighted by Gasteiger charge is 2.28. The summed E-state index contributed by atoms with van der Waals surface area (Å²) >= 11 is 0. The number of benzene rings is 4. The average molecular weight is 585 g/mol. The van der Waals surface area contributed by atoms with Gasteiger partial charge in [-0.15, -0.1) is 0 Å². The fourth-order valence-corrected chi connectivity index (χ4v) is 5.51. The molecule has 0 N–H and O–H groups in total. The van der Waals surface area contributed by atoms with Crippen molar-refractivity contribution in [2.24, 2.45) is 0 Å². The lowest BCUT2D eigenvalue weighted by molar-refractivity contribution is 0.167. The Balaban J connectivity index is 0.000000222. The minimum Gasteiger partial charge on any atom is -0.403 e. The van der Waals surface area contributed by atoms with Crippen molar-refractivity contribution in [3.05, 3.63) is 109 Å². The molecule has 0 amide bonds. The second-order valence-corrected chi connectivity index (χ2v) is 11.4. The number of para-hydroxylation sites is 2. The van der Waals surface area contributed by atoms with Crippen molar-refractivity contribution in [3.8, 4) is 33.8 Å². The lowest BCUT2D eigenvalue weighted by atomic mass is 10.1. The molecule has 40 heavy (non-hydrogen) atoms. The zero-order valence-electron chi connectivity index (χ0n) is 23.0. The predicted octanol–water partition coefficient (Wildman–Crippen LogP) is 9.05. The summed E-state index contributed by atoms with van der Waals surface area (Å²) in [6.07, 6.45) is 0. The van der Waals surface area contributed by atoms with E-state index < -0.39 is 15.6 Å². The lowest BCUT2D eigenvalue weighted by Gasteiger charge is -2.19. The molecule has 0 aromatic heterocycles. The average Bonchev–Trinajstić information content (AvgIpc) is 2.99. The highest BCUT2D eigenvalue weighted by Crippen LogP contribution is 2.51. The van der Waals surface area contributed by atoms with Gasteiger partial charge in [-0.3, -0.25) is 18.1 Å². The minimum absolute atomic E-state index is 0.255. The van der Waals surface area contributed by atoms with Gasteiger partial charge in [0.1, 0.15) is 11.5 Å². The number of rotatable bonds is 12. The molecule has 4 aromatic rings. The van der Waals surface area contributed by atoms with Gasteiger partial charge < -0.3 is 9.05 Å². The largest absolute Gasteiger partial charge is 0.530 e. The van der Waals surface area contributed by atoms with E-state index >= 15 is 0 Å². The number of hydrogen-bond acceptors (Lipinski definition) is 8. The number of phosphoric ester groups is 2. The van der Waals surface area contributed by atoms with E-state index in [1.54, 1.807) is 32.0 Å². The second-order valence-electron chi connectivity index (χ2n) is 8.00. The third-order valence-electron chi connectivity index (χ3n) is 5.39. The first-order valence-corrected chi connectivity index (χ1v) is 15.6. The molecular weight excluding hydrogens is 550 g/mol. The van der Waals surface area contributed by atoms with E-state index in [1.807, 2.05) is 91.0 Å². The van der Waals surface area contributed by atoms with Gasteiger partial charge >= 0.3 is 15.6 Å². The summed E-state index contributed by atoms with van der Waals surface area (Å²) in [6, 6.07) is 34.2. The lowest BCUT2D eigenvalue weighted by Crippen LogP contribution is -2.03. The summed E-state index contributed by atoms with van der Waals surface area (Å²) < 4.78 is 55.5. The van der Waals surface area contributed by atoms with Crippen LogP contribution in [-0.2, 0) is 27.2 Å². The minimum atomic E-state index is -3.59. The molecule has 0 aliphatic heterocycles. The third kappa shape index (κ3) is 8.90. The van der Waals surface area contributed by atoms with Crippen molar-refractivity contribution >= 4 is 15.6 Å². The molecule has 0 fully saturated rings. The molecule has 0 spiro atoms. The Labute approximate surface area is 236 Å². The molecule has 4 aromatic carbocycles. The van der Waals surface area contributed by atoms with E-state index in [0.29, 0.717) is 11.5 Å². The first kappa shape index (κ1) is 31.3. The van der Waals surface area contributed by atoms with Crippen LogP contribution in [0.15, 0.2) is 109 Å². The van der Waals surface area contributed by atoms with Crippen molar-refractivity contribution in [2.45, 2.75) is 13.8 Å². The first-order chi connectivity index (χ1) is 19.4. The van der Waals surface area contributed by atoms with Crippen LogP contribution in [-0.4, -0.2) is 27.4 Å². The van der Waals surface area contributed by atoms with Crippen LogP contribution in [0.4, 0.5) is 0 Å². The van der Waals surface area contributed by atoms with E-state index in [9.17, 15) is 9.13 Å². The molecule has 10 heteroatoms. The third-order valence-corrected chi connectivity index (χ3v) is 8.27. The van der Waals surface area contributed by atoms with Crippen LogP contribution in [0.5, 0.6) is 11.5 Å². The van der Waals surface area contributed by atoms with E-state index in [-0.39, 0.29) is 13.2 Å². The molecule has 0 aliphatic carbocycles. The summed E-state index contributed by atoms with van der Waals surface area (Å²) in [5.41, 5.74) is 3.62. The van der Waals surface area contributed by atoms with Gasteiger partial charge in [0.15, 0.2) is 0 Å². The zero-order valence-corrected chi connectivity index (χ0v) is 24.8. The van der Waals surface area contributed by atoms with Crippen LogP contribution in [0, 0.1) is 0 Å². The highest BCUT2D eigenvalue weighted by molar-refractivity contribution is 7.49. The molecule has 0 bridgehead atoms. The zero-order chi connectivity index (χ0) is 28.8. The van der Waals surface area contributed by atoms with Crippen LogP contribution < -0.4 is 9.05 Å². The Kier molecular flexibility index (Phi) is 12.2. The maximum absolute atomic E-state index is 12.5. The Morgan fingerprint density at radius 1 is 0.500 bits per heavy atom. The summed E-state index contributed by atoms with van der Waals surface area (Å²) in [7, 11) is -4.56. The predicted molar refractivity (Wildman–Crippen MR) is 157 cm³/mol. The Morgan fingerprint density at radius 2 is 0.850 bits per heavy atom. The standard InChI is InChI=1S/C16H19O4P.C14H15O4P/c1-3-18-21(17,19-4-2)20-16-13-9-8-12-15(16)14-10-6-5-7-11-14;1-16-19(15,17-2)18-14-11-7-6-10-13(14)12-8-4-3-5-9-12/h5-13H,3-4H2,1-2H3;3-11H,1-2H3. The van der Waals surface area contributed by atoms with Crippen molar-refractivity contribution in [3.63, 3.8) is 0 Å². The van der Waals surface area contributed by atoms with Crippen LogP contribution in [0.25, 0.3) is 22.3 Å². The molecule has 0 radical (unpaired) electrons. The van der Waals surface area contributed by atoms with Gasteiger partial charge in [0.25, 0.3) is 0 Å². The molecule has 8 nitrogen and oxygen atoms in total. The molecule has 0 saturated carbocycles. The topological polar surface area (TPSA) is 89.5 Å². The quantitative estimate of drug-likeness (QED) is 0.152. The van der Waals surface area contributed by atoms with Crippen LogP contribution in [0.2, 0.25) is 0 Å². The molecule has 0 aliphatic rings. The molecule has 0 heterocycles. The summed E-state index contributed by atoms with van der Waals surface area (Å²) in [5.74, 6) is 0.940. The van der Waals surface area contributed by atoms with Gasteiger partial charge in [0, 0.05) is 25.3 Å². The normalized spacial score (nSPS) is 11.3. The molecule has 0 unspecified atom stereocenters. The van der Waals surface area contributed by atoms with E-state index in [4.69, 9.17) is 27.1 Å². The van der Waals surface area contributed by atoms with E-state index in [0.717, 1.165) is 22.3 Å². The number of phosphoric acid groups is 2. The molecular formula is C30H34O8P2. The van der Waals surface area contributed by atoms with Gasteiger partial charge in [-0.2, -0.15) is 0 Å². The van der Waals surface area contributed by atoms with Crippen molar-refractivity contribution in [1.82, 2.24) is 0 Å². The molecule has 4 rings (SSSR count). The smallest absolute Gasteiger partial charge is 0.403 e. The Bertz CT molecular complexity index is 1400. The van der Waals surface area contributed by atoms with Gasteiger partial charge in [-0.25, -0.2) is 9.13 Å². The maximum Gasteiger partial charge on any atom is 0.530 e. The second kappa shape index (κ2) is 15.5. The van der Waals surface area contributed by atoms with Crippen LogP contribution in [0.1, 0.15) is 13.8 Å². The maximum atomic E-state index is 12.5. The fourth-order valence-electron chi connectivity index (χ4n) is 3.60. The summed E-state index contributed by atoms with van der Waals surface area (Å²) in [6.45, 7) is 4.01. The number of hydrogen-bond donors (Lipinski definition) is 0. The van der Waals surface area contributed by atoms with Gasteiger partial charge in [0.05, 0.1) is 13.2 Å². The van der Waals surface area contributed by atoms with Crippen molar-refractivity contribution in [2.75, 3.05) is 27.4 Å². The van der Waals surface area contributed by atoms with E-state index in [2.05, 4.69) is 0 Å².